The van der Waals surface area contributed by atoms with Crippen LogP contribution in [-0.2, 0) is 0 Å². The van der Waals surface area contributed by atoms with Crippen LogP contribution in [0, 0.1) is 6.92 Å². The topological polar surface area (TPSA) is 108 Å². The molecule has 0 aliphatic rings. The maximum Gasteiger partial charge on any atom is 0.337 e. The molecule has 0 heterocycles. The molecule has 3 aromatic carbocycles. The first-order valence-corrected chi connectivity index (χ1v) is 8.77. The number of benzene rings is 3. The maximum absolute atomic E-state index is 11.8. The number of aryl methyl sites for hydroxylation is 1. The second kappa shape index (κ2) is 8.35. The molecule has 0 saturated carbocycles. The fourth-order valence-electron chi connectivity index (χ4n) is 2.78. The number of carboxylic acid groups (broad SMARTS) is 2. The van der Waals surface area contributed by atoms with E-state index in [1.54, 1.807) is 43.5 Å². The van der Waals surface area contributed by atoms with E-state index in [0.717, 1.165) is 5.56 Å². The zero-order chi connectivity index (χ0) is 21.0. The number of rotatable bonds is 7. The number of hydrogen-bond donors (Lipinski definition) is 4. The van der Waals surface area contributed by atoms with E-state index < -0.39 is 11.9 Å². The number of carbonyl (C=O) groups is 2. The van der Waals surface area contributed by atoms with Crippen LogP contribution >= 0.6 is 0 Å². The van der Waals surface area contributed by atoms with Gasteiger partial charge < -0.3 is 25.6 Å². The molecule has 0 spiro atoms. The van der Waals surface area contributed by atoms with Gasteiger partial charge in [0.05, 0.1) is 29.6 Å². The average molecular weight is 392 g/mol. The second-order valence-electron chi connectivity index (χ2n) is 6.40. The van der Waals surface area contributed by atoms with Crippen LogP contribution in [-0.4, -0.2) is 29.3 Å². The Hall–Kier alpha value is -4.00. The van der Waals surface area contributed by atoms with E-state index >= 15 is 0 Å². The van der Waals surface area contributed by atoms with Crippen molar-refractivity contribution in [3.8, 4) is 5.75 Å². The van der Waals surface area contributed by atoms with Gasteiger partial charge in [-0.1, -0.05) is 17.7 Å². The van der Waals surface area contributed by atoms with E-state index in [0.29, 0.717) is 17.1 Å². The van der Waals surface area contributed by atoms with E-state index in [9.17, 15) is 19.8 Å². The van der Waals surface area contributed by atoms with Crippen LogP contribution in [0.4, 0.5) is 22.7 Å². The third-order valence-corrected chi connectivity index (χ3v) is 4.32. The summed E-state index contributed by atoms with van der Waals surface area (Å²) in [5.74, 6) is -1.70. The van der Waals surface area contributed by atoms with Crippen LogP contribution in [0.2, 0.25) is 0 Å². The van der Waals surface area contributed by atoms with Crippen molar-refractivity contribution in [1.29, 1.82) is 0 Å². The highest BCUT2D eigenvalue weighted by Crippen LogP contribution is 2.31. The van der Waals surface area contributed by atoms with Gasteiger partial charge in [0, 0.05) is 11.4 Å². The molecule has 0 radical (unpaired) electrons. The van der Waals surface area contributed by atoms with Crippen molar-refractivity contribution in [2.45, 2.75) is 6.92 Å². The third kappa shape index (κ3) is 4.65. The van der Waals surface area contributed by atoms with Crippen LogP contribution in [0.15, 0.2) is 60.7 Å². The fraction of sp³-hybridized carbons (Fsp3) is 0.0909. The molecule has 4 N–H and O–H groups in total. The molecule has 0 aromatic heterocycles. The van der Waals surface area contributed by atoms with Crippen LogP contribution in [0.25, 0.3) is 0 Å². The Morgan fingerprint density at radius 1 is 0.759 bits per heavy atom. The van der Waals surface area contributed by atoms with Gasteiger partial charge in [0.15, 0.2) is 0 Å². The summed E-state index contributed by atoms with van der Waals surface area (Å²) in [4.78, 5) is 23.6. The first-order chi connectivity index (χ1) is 13.9. The van der Waals surface area contributed by atoms with Gasteiger partial charge in [0.2, 0.25) is 0 Å². The number of carboxylic acids is 2. The number of nitrogens with one attached hydrogen (secondary N) is 2. The summed E-state index contributed by atoms with van der Waals surface area (Å²) in [6, 6.07) is 16.8. The summed E-state index contributed by atoms with van der Waals surface area (Å²) in [5.41, 5.74) is 2.58. The van der Waals surface area contributed by atoms with E-state index in [2.05, 4.69) is 10.6 Å². The largest absolute Gasteiger partial charge is 0.497 e. The standard InChI is InChI=1S/C22H20N2O5/c1-13-3-5-14(6-4-13)23-19-11-18(22(27)28)20(12-17(19)21(25)26)24-15-7-9-16(29-2)10-8-15/h3-12,23-24H,1-2H3,(H,25,26)(H,27,28). The van der Waals surface area contributed by atoms with Gasteiger partial charge in [-0.25, -0.2) is 9.59 Å². The van der Waals surface area contributed by atoms with Crippen LogP contribution < -0.4 is 15.4 Å². The van der Waals surface area contributed by atoms with E-state index in [1.807, 2.05) is 19.1 Å². The Morgan fingerprint density at radius 2 is 1.17 bits per heavy atom. The molecular formula is C22H20N2O5. The van der Waals surface area contributed by atoms with E-state index in [4.69, 9.17) is 4.74 Å². The minimum atomic E-state index is -1.18. The van der Waals surface area contributed by atoms with Crippen molar-refractivity contribution in [3.05, 3.63) is 77.4 Å². The number of ether oxygens (including phenoxy) is 1. The predicted molar refractivity (Wildman–Crippen MR) is 111 cm³/mol. The third-order valence-electron chi connectivity index (χ3n) is 4.32. The quantitative estimate of drug-likeness (QED) is 0.453. The molecule has 0 aliphatic heterocycles. The first-order valence-electron chi connectivity index (χ1n) is 8.77. The monoisotopic (exact) mass is 392 g/mol. The van der Waals surface area contributed by atoms with Crippen molar-refractivity contribution in [1.82, 2.24) is 0 Å². The highest BCUT2D eigenvalue weighted by Gasteiger charge is 2.19. The van der Waals surface area contributed by atoms with Crippen molar-refractivity contribution in [3.63, 3.8) is 0 Å². The highest BCUT2D eigenvalue weighted by atomic mass is 16.5. The lowest BCUT2D eigenvalue weighted by molar-refractivity contribution is 0.0683. The molecule has 3 rings (SSSR count). The number of methoxy groups -OCH3 is 1. The van der Waals surface area contributed by atoms with E-state index in [1.165, 1.54) is 12.1 Å². The molecule has 3 aromatic rings. The van der Waals surface area contributed by atoms with Crippen LogP contribution in [0.5, 0.6) is 5.75 Å². The Balaban J connectivity index is 2.01. The molecular weight excluding hydrogens is 372 g/mol. The summed E-state index contributed by atoms with van der Waals surface area (Å²) in [5, 5.41) is 25.3. The molecule has 0 bridgehead atoms. The molecule has 0 unspecified atom stereocenters. The summed E-state index contributed by atoms with van der Waals surface area (Å²) >= 11 is 0. The minimum Gasteiger partial charge on any atom is -0.497 e. The summed E-state index contributed by atoms with van der Waals surface area (Å²) in [6.45, 7) is 1.94. The number of aromatic carboxylic acids is 2. The minimum absolute atomic E-state index is 0.0495. The van der Waals surface area contributed by atoms with Crippen LogP contribution in [0.3, 0.4) is 0 Å². The van der Waals surface area contributed by atoms with Gasteiger partial charge in [-0.3, -0.25) is 0 Å². The van der Waals surface area contributed by atoms with Gasteiger partial charge in [0.25, 0.3) is 0 Å². The molecule has 0 aliphatic carbocycles. The summed E-state index contributed by atoms with van der Waals surface area (Å²) in [6.07, 6.45) is 0. The van der Waals surface area contributed by atoms with Gasteiger partial charge in [-0.05, 0) is 55.5 Å². The fourth-order valence-corrected chi connectivity index (χ4v) is 2.78. The average Bonchev–Trinajstić information content (AvgIpc) is 2.70. The lowest BCUT2D eigenvalue weighted by Crippen LogP contribution is -2.09. The van der Waals surface area contributed by atoms with Crippen molar-refractivity contribution >= 4 is 34.7 Å². The second-order valence-corrected chi connectivity index (χ2v) is 6.40. The van der Waals surface area contributed by atoms with Crippen molar-refractivity contribution in [2.24, 2.45) is 0 Å². The Morgan fingerprint density at radius 3 is 1.55 bits per heavy atom. The number of anilines is 4. The maximum atomic E-state index is 11.8. The van der Waals surface area contributed by atoms with Gasteiger partial charge >= 0.3 is 11.9 Å². The normalized spacial score (nSPS) is 10.3. The lowest BCUT2D eigenvalue weighted by Gasteiger charge is -2.16. The Kier molecular flexibility index (Phi) is 5.69. The van der Waals surface area contributed by atoms with Crippen LogP contribution in [0.1, 0.15) is 26.3 Å². The zero-order valence-electron chi connectivity index (χ0n) is 15.9. The molecule has 0 fully saturated rings. The molecule has 0 saturated heterocycles. The van der Waals surface area contributed by atoms with Gasteiger partial charge in [-0.2, -0.15) is 0 Å². The molecule has 29 heavy (non-hydrogen) atoms. The smallest absolute Gasteiger partial charge is 0.337 e. The molecule has 7 nitrogen and oxygen atoms in total. The molecule has 148 valence electrons. The van der Waals surface area contributed by atoms with Gasteiger partial charge in [0.1, 0.15) is 5.75 Å². The lowest BCUT2D eigenvalue weighted by atomic mass is 10.0. The van der Waals surface area contributed by atoms with Crippen molar-refractivity contribution < 1.29 is 24.5 Å². The zero-order valence-corrected chi connectivity index (χ0v) is 15.9. The molecule has 7 heteroatoms. The predicted octanol–water partition coefficient (Wildman–Crippen LogP) is 4.89. The first kappa shape index (κ1) is 19.8. The van der Waals surface area contributed by atoms with E-state index in [-0.39, 0.29) is 22.5 Å². The van der Waals surface area contributed by atoms with Gasteiger partial charge in [-0.15, -0.1) is 0 Å². The Bertz CT molecular complexity index is 1040. The molecule has 0 amide bonds. The highest BCUT2D eigenvalue weighted by molar-refractivity contribution is 6.03. The molecule has 0 atom stereocenters. The number of hydrogen-bond acceptors (Lipinski definition) is 5. The van der Waals surface area contributed by atoms with Crippen molar-refractivity contribution in [2.75, 3.05) is 17.7 Å². The summed E-state index contributed by atoms with van der Waals surface area (Å²) < 4.78 is 5.10. The SMILES string of the molecule is COc1ccc(Nc2cc(C(=O)O)c(Nc3ccc(C)cc3)cc2C(=O)O)cc1. The summed E-state index contributed by atoms with van der Waals surface area (Å²) in [7, 11) is 1.55. The Labute approximate surface area is 167 Å².